The molecule has 1 saturated heterocycles. The van der Waals surface area contributed by atoms with Crippen molar-refractivity contribution in [2.45, 2.75) is 45.3 Å². The molecule has 2 amide bonds. The number of nitrogens with one attached hydrogen (secondary N) is 1. The molecule has 0 saturated carbocycles. The minimum Gasteiger partial charge on any atom is -0.444 e. The first-order valence-electron chi connectivity index (χ1n) is 8.82. The van der Waals surface area contributed by atoms with Crippen molar-refractivity contribution in [2.75, 3.05) is 32.1 Å². The molecule has 1 aromatic carbocycles. The Kier molecular flexibility index (Phi) is 6.10. The van der Waals surface area contributed by atoms with Gasteiger partial charge in [0.15, 0.2) is 0 Å². The van der Waals surface area contributed by atoms with E-state index in [4.69, 9.17) is 4.74 Å². The van der Waals surface area contributed by atoms with Crippen molar-refractivity contribution in [1.82, 2.24) is 10.2 Å². The summed E-state index contributed by atoms with van der Waals surface area (Å²) in [5.74, 6) is -0.604. The van der Waals surface area contributed by atoms with Crippen LogP contribution in [-0.2, 0) is 4.74 Å². The zero-order valence-electron chi connectivity index (χ0n) is 16.1. The van der Waals surface area contributed by atoms with E-state index in [9.17, 15) is 14.0 Å². The Morgan fingerprint density at radius 2 is 1.85 bits per heavy atom. The minimum atomic E-state index is -0.538. The van der Waals surface area contributed by atoms with Gasteiger partial charge in [0, 0.05) is 38.8 Å². The van der Waals surface area contributed by atoms with Crippen LogP contribution < -0.4 is 10.2 Å². The average Bonchev–Trinajstić information content (AvgIpc) is 2.52. The number of benzene rings is 1. The lowest BCUT2D eigenvalue weighted by Crippen LogP contribution is -2.47. The summed E-state index contributed by atoms with van der Waals surface area (Å²) in [7, 11) is 3.50. The molecule has 7 heteroatoms. The van der Waals surface area contributed by atoms with E-state index in [-0.39, 0.29) is 11.9 Å². The van der Waals surface area contributed by atoms with E-state index < -0.39 is 17.5 Å². The summed E-state index contributed by atoms with van der Waals surface area (Å²) >= 11 is 0. The van der Waals surface area contributed by atoms with Gasteiger partial charge in [-0.1, -0.05) is 0 Å². The smallest absolute Gasteiger partial charge is 0.407 e. The summed E-state index contributed by atoms with van der Waals surface area (Å²) in [6, 6.07) is 4.51. The normalized spacial score (nSPS) is 15.5. The molecule has 6 nitrogen and oxygen atoms in total. The maximum atomic E-state index is 14.1. The maximum absolute atomic E-state index is 14.1. The summed E-state index contributed by atoms with van der Waals surface area (Å²) in [6.07, 6.45) is 0.843. The number of halogens is 1. The third-order valence-corrected chi connectivity index (χ3v) is 4.18. The number of hydrogen-bond donors (Lipinski definition) is 1. The summed E-state index contributed by atoms with van der Waals surface area (Å²) in [5, 5.41) is 2.84. The fraction of sp³-hybridized carbons (Fsp3) is 0.579. The molecule has 1 N–H and O–H groups in total. The van der Waals surface area contributed by atoms with Gasteiger partial charge in [-0.25, -0.2) is 9.18 Å². The summed E-state index contributed by atoms with van der Waals surface area (Å²) in [6.45, 7) is 6.46. The largest absolute Gasteiger partial charge is 0.444 e. The quantitative estimate of drug-likeness (QED) is 0.894. The SMILES string of the molecule is CN(C)c1ccc(C(=O)N2CCC(NC(=O)OC(C)(C)C)CC2)cc1F. The van der Waals surface area contributed by atoms with Crippen LogP contribution in [0.5, 0.6) is 0 Å². The Hall–Kier alpha value is -2.31. The number of ether oxygens (including phenoxy) is 1. The molecule has 2 rings (SSSR count). The molecule has 1 aliphatic heterocycles. The van der Waals surface area contributed by atoms with Crippen molar-refractivity contribution in [3.63, 3.8) is 0 Å². The van der Waals surface area contributed by atoms with Gasteiger partial charge in [-0.2, -0.15) is 0 Å². The van der Waals surface area contributed by atoms with Gasteiger partial charge in [0.25, 0.3) is 5.91 Å². The zero-order valence-corrected chi connectivity index (χ0v) is 16.1. The van der Waals surface area contributed by atoms with E-state index >= 15 is 0 Å². The van der Waals surface area contributed by atoms with E-state index in [1.54, 1.807) is 36.0 Å². The lowest BCUT2D eigenvalue weighted by atomic mass is 10.0. The molecule has 1 aliphatic rings. The molecule has 26 heavy (non-hydrogen) atoms. The topological polar surface area (TPSA) is 61.9 Å². The number of carbonyl (C=O) groups excluding carboxylic acids is 2. The summed E-state index contributed by atoms with van der Waals surface area (Å²) in [4.78, 5) is 27.8. The van der Waals surface area contributed by atoms with Gasteiger partial charge in [-0.15, -0.1) is 0 Å². The van der Waals surface area contributed by atoms with Crippen LogP contribution >= 0.6 is 0 Å². The van der Waals surface area contributed by atoms with E-state index in [0.29, 0.717) is 37.2 Å². The first kappa shape index (κ1) is 20.0. The van der Waals surface area contributed by atoms with Gasteiger partial charge in [0.2, 0.25) is 0 Å². The number of anilines is 1. The Labute approximate surface area is 154 Å². The van der Waals surface area contributed by atoms with Gasteiger partial charge in [0.1, 0.15) is 11.4 Å². The van der Waals surface area contributed by atoms with Crippen LogP contribution in [0.3, 0.4) is 0 Å². The van der Waals surface area contributed by atoms with E-state index in [2.05, 4.69) is 5.32 Å². The van der Waals surface area contributed by atoms with Crippen LogP contribution in [0.25, 0.3) is 0 Å². The molecule has 0 atom stereocenters. The van der Waals surface area contributed by atoms with Gasteiger partial charge < -0.3 is 19.9 Å². The number of hydrogen-bond acceptors (Lipinski definition) is 4. The van der Waals surface area contributed by atoms with Crippen molar-refractivity contribution < 1.29 is 18.7 Å². The molecular weight excluding hydrogens is 337 g/mol. The highest BCUT2D eigenvalue weighted by Gasteiger charge is 2.26. The second kappa shape index (κ2) is 7.93. The number of amides is 2. The second-order valence-electron chi connectivity index (χ2n) is 7.77. The van der Waals surface area contributed by atoms with Crippen LogP contribution in [0.4, 0.5) is 14.9 Å². The van der Waals surface area contributed by atoms with Crippen molar-refractivity contribution >= 4 is 17.7 Å². The molecule has 1 aromatic rings. The van der Waals surface area contributed by atoms with Crippen LogP contribution in [0.2, 0.25) is 0 Å². The number of alkyl carbamates (subject to hydrolysis) is 1. The van der Waals surface area contributed by atoms with E-state index in [0.717, 1.165) is 0 Å². The number of nitrogens with zero attached hydrogens (tertiary/aromatic N) is 2. The Morgan fingerprint density at radius 3 is 2.35 bits per heavy atom. The number of piperidine rings is 1. The highest BCUT2D eigenvalue weighted by molar-refractivity contribution is 5.94. The third-order valence-electron chi connectivity index (χ3n) is 4.18. The van der Waals surface area contributed by atoms with Crippen LogP contribution in [0.1, 0.15) is 44.0 Å². The van der Waals surface area contributed by atoms with E-state index in [1.165, 1.54) is 6.07 Å². The molecule has 0 unspecified atom stereocenters. The second-order valence-corrected chi connectivity index (χ2v) is 7.77. The summed E-state index contributed by atoms with van der Waals surface area (Å²) < 4.78 is 19.3. The molecule has 0 aromatic heterocycles. The van der Waals surface area contributed by atoms with E-state index in [1.807, 2.05) is 20.8 Å². The highest BCUT2D eigenvalue weighted by Crippen LogP contribution is 2.21. The average molecular weight is 365 g/mol. The predicted octanol–water partition coefficient (Wildman–Crippen LogP) is 3.02. The predicted molar refractivity (Wildman–Crippen MR) is 99.0 cm³/mol. The van der Waals surface area contributed by atoms with Crippen molar-refractivity contribution in [3.05, 3.63) is 29.6 Å². The Bertz CT molecular complexity index is 662. The number of rotatable bonds is 3. The molecule has 0 radical (unpaired) electrons. The van der Waals surface area contributed by atoms with Crippen molar-refractivity contribution in [2.24, 2.45) is 0 Å². The molecule has 0 bridgehead atoms. The number of carbonyl (C=O) groups is 2. The standard InChI is InChI=1S/C19H28FN3O3/c1-19(2,3)26-18(25)21-14-8-10-23(11-9-14)17(24)13-6-7-16(22(4)5)15(20)12-13/h6-7,12,14H,8-11H2,1-5H3,(H,21,25). The fourth-order valence-corrected chi connectivity index (χ4v) is 2.89. The zero-order chi connectivity index (χ0) is 19.5. The third kappa shape index (κ3) is 5.34. The maximum Gasteiger partial charge on any atom is 0.407 e. The first-order valence-corrected chi connectivity index (χ1v) is 8.82. The van der Waals surface area contributed by atoms with Gasteiger partial charge in [-0.3, -0.25) is 4.79 Å². The lowest BCUT2D eigenvalue weighted by molar-refractivity contribution is 0.0473. The van der Waals surface area contributed by atoms with Gasteiger partial charge in [-0.05, 0) is 51.8 Å². The molecule has 0 aliphatic carbocycles. The Balaban J connectivity index is 1.90. The minimum absolute atomic E-state index is 0.0262. The molecule has 1 heterocycles. The molecule has 0 spiro atoms. The molecule has 144 valence electrons. The van der Waals surface area contributed by atoms with Gasteiger partial charge >= 0.3 is 6.09 Å². The molecular formula is C19H28FN3O3. The monoisotopic (exact) mass is 365 g/mol. The first-order chi connectivity index (χ1) is 12.1. The number of likely N-dealkylation sites (tertiary alicyclic amines) is 1. The van der Waals surface area contributed by atoms with Crippen LogP contribution in [-0.4, -0.2) is 55.7 Å². The van der Waals surface area contributed by atoms with Crippen LogP contribution in [0, 0.1) is 5.82 Å². The molecule has 1 fully saturated rings. The summed E-state index contributed by atoms with van der Waals surface area (Å²) in [5.41, 5.74) is 0.247. The van der Waals surface area contributed by atoms with Crippen molar-refractivity contribution in [3.8, 4) is 0 Å². The lowest BCUT2D eigenvalue weighted by Gasteiger charge is -2.33. The van der Waals surface area contributed by atoms with Crippen molar-refractivity contribution in [1.29, 1.82) is 0 Å². The van der Waals surface area contributed by atoms with Gasteiger partial charge in [0.05, 0.1) is 5.69 Å². The van der Waals surface area contributed by atoms with Crippen LogP contribution in [0.15, 0.2) is 18.2 Å². The highest BCUT2D eigenvalue weighted by atomic mass is 19.1. The Morgan fingerprint density at radius 1 is 1.23 bits per heavy atom. The fourth-order valence-electron chi connectivity index (χ4n) is 2.89.